The van der Waals surface area contributed by atoms with Crippen LogP contribution < -0.4 is 5.32 Å². The van der Waals surface area contributed by atoms with Crippen molar-refractivity contribution < 1.29 is 0 Å². The molecule has 0 radical (unpaired) electrons. The van der Waals surface area contributed by atoms with Gasteiger partial charge in [-0.15, -0.1) is 0 Å². The quantitative estimate of drug-likeness (QED) is 0.674. The predicted molar refractivity (Wildman–Crippen MR) is 55.7 cm³/mol. The molecular weight excluding hydrogens is 160 g/mol. The number of nitrogens with zero attached hydrogens (tertiary/aromatic N) is 1. The van der Waals surface area contributed by atoms with Gasteiger partial charge in [0.25, 0.3) is 0 Å². The van der Waals surface area contributed by atoms with Crippen molar-refractivity contribution in [3.8, 4) is 0 Å². The van der Waals surface area contributed by atoms with E-state index in [9.17, 15) is 0 Å². The molecule has 0 saturated heterocycles. The summed E-state index contributed by atoms with van der Waals surface area (Å²) in [6, 6.07) is 6.06. The molecule has 0 spiro atoms. The van der Waals surface area contributed by atoms with Crippen molar-refractivity contribution in [2.75, 3.05) is 13.1 Å². The minimum absolute atomic E-state index is 1.03. The summed E-state index contributed by atoms with van der Waals surface area (Å²) < 4.78 is 0. The van der Waals surface area contributed by atoms with Gasteiger partial charge in [0.1, 0.15) is 0 Å². The van der Waals surface area contributed by atoms with Gasteiger partial charge in [-0.05, 0) is 25.1 Å². The summed E-state index contributed by atoms with van der Waals surface area (Å²) in [6.45, 7) is 4.38. The molecule has 0 atom stereocenters. The first-order valence-corrected chi connectivity index (χ1v) is 5.04. The van der Waals surface area contributed by atoms with E-state index < -0.39 is 0 Å². The van der Waals surface area contributed by atoms with E-state index in [-0.39, 0.29) is 0 Å². The van der Waals surface area contributed by atoms with Gasteiger partial charge >= 0.3 is 0 Å². The third kappa shape index (κ3) is 4.63. The van der Waals surface area contributed by atoms with Gasteiger partial charge < -0.3 is 5.32 Å². The predicted octanol–water partition coefficient (Wildman–Crippen LogP) is 2.01. The highest BCUT2D eigenvalue weighted by Gasteiger charge is 1.91. The fraction of sp³-hybridized carbons (Fsp3) is 0.545. The zero-order chi connectivity index (χ0) is 9.36. The van der Waals surface area contributed by atoms with Crippen molar-refractivity contribution in [1.29, 1.82) is 0 Å². The molecule has 0 unspecified atom stereocenters. The first kappa shape index (κ1) is 10.2. The Morgan fingerprint density at radius 1 is 1.31 bits per heavy atom. The van der Waals surface area contributed by atoms with Crippen LogP contribution in [0.5, 0.6) is 0 Å². The maximum Gasteiger partial charge on any atom is 0.0416 e. The highest BCUT2D eigenvalue weighted by Crippen LogP contribution is 1.93. The van der Waals surface area contributed by atoms with Crippen LogP contribution in [0.1, 0.15) is 25.5 Å². The molecule has 0 aliphatic heterocycles. The van der Waals surface area contributed by atoms with Gasteiger partial charge in [-0.2, -0.15) is 0 Å². The Morgan fingerprint density at radius 3 is 2.92 bits per heavy atom. The smallest absolute Gasteiger partial charge is 0.0416 e. The first-order valence-electron chi connectivity index (χ1n) is 5.04. The molecule has 0 fully saturated rings. The molecule has 1 aromatic rings. The molecule has 1 rings (SSSR count). The summed E-state index contributed by atoms with van der Waals surface area (Å²) in [5.41, 5.74) is 1.17. The molecule has 0 aromatic carbocycles. The lowest BCUT2D eigenvalue weighted by Gasteiger charge is -2.02. The minimum Gasteiger partial charge on any atom is -0.316 e. The minimum atomic E-state index is 1.03. The van der Waals surface area contributed by atoms with Crippen molar-refractivity contribution in [2.24, 2.45) is 0 Å². The molecule has 1 heterocycles. The molecule has 0 saturated carbocycles. The second-order valence-electron chi connectivity index (χ2n) is 3.17. The number of rotatable bonds is 6. The average molecular weight is 178 g/mol. The molecule has 2 nitrogen and oxygen atoms in total. The van der Waals surface area contributed by atoms with Crippen LogP contribution in [-0.4, -0.2) is 18.1 Å². The highest BCUT2D eigenvalue weighted by molar-refractivity contribution is 5.03. The van der Waals surface area contributed by atoms with E-state index in [2.05, 4.69) is 23.3 Å². The summed E-state index contributed by atoms with van der Waals surface area (Å²) >= 11 is 0. The van der Waals surface area contributed by atoms with E-state index in [1.807, 2.05) is 18.3 Å². The van der Waals surface area contributed by atoms with Crippen LogP contribution in [0.2, 0.25) is 0 Å². The molecule has 0 aliphatic carbocycles. The zero-order valence-corrected chi connectivity index (χ0v) is 8.29. The number of hydrogen-bond donors (Lipinski definition) is 1. The standard InChI is InChI=1S/C11H18N2/c1-2-3-8-12-10-7-11-6-4-5-9-13-11/h4-6,9,12H,2-3,7-8,10H2,1H3. The number of unbranched alkanes of at least 4 members (excludes halogenated alkanes) is 1. The van der Waals surface area contributed by atoms with Crippen molar-refractivity contribution in [3.63, 3.8) is 0 Å². The van der Waals surface area contributed by atoms with Gasteiger partial charge in [0.05, 0.1) is 0 Å². The second-order valence-corrected chi connectivity index (χ2v) is 3.17. The molecule has 0 aliphatic rings. The van der Waals surface area contributed by atoms with Crippen LogP contribution in [0.4, 0.5) is 0 Å². The summed E-state index contributed by atoms with van der Waals surface area (Å²) in [4.78, 5) is 4.26. The maximum absolute atomic E-state index is 4.26. The monoisotopic (exact) mass is 178 g/mol. The van der Waals surface area contributed by atoms with Crippen LogP contribution in [0.3, 0.4) is 0 Å². The van der Waals surface area contributed by atoms with Crippen LogP contribution in [-0.2, 0) is 6.42 Å². The van der Waals surface area contributed by atoms with E-state index in [1.54, 1.807) is 0 Å². The lowest BCUT2D eigenvalue weighted by Crippen LogP contribution is -2.18. The van der Waals surface area contributed by atoms with Gasteiger partial charge in [0.2, 0.25) is 0 Å². The number of hydrogen-bond acceptors (Lipinski definition) is 2. The molecule has 72 valence electrons. The van der Waals surface area contributed by atoms with Gasteiger partial charge in [0, 0.05) is 24.9 Å². The maximum atomic E-state index is 4.26. The van der Waals surface area contributed by atoms with Crippen molar-refractivity contribution in [1.82, 2.24) is 10.3 Å². The zero-order valence-electron chi connectivity index (χ0n) is 8.29. The molecule has 13 heavy (non-hydrogen) atoms. The summed E-state index contributed by atoms with van der Waals surface area (Å²) in [5.74, 6) is 0. The third-order valence-electron chi connectivity index (χ3n) is 1.99. The SMILES string of the molecule is CCCCNCCc1ccccn1. The third-order valence-corrected chi connectivity index (χ3v) is 1.99. The molecular formula is C11H18N2. The van der Waals surface area contributed by atoms with E-state index in [4.69, 9.17) is 0 Å². The Kier molecular flexibility index (Phi) is 5.18. The Morgan fingerprint density at radius 2 is 2.23 bits per heavy atom. The fourth-order valence-corrected chi connectivity index (χ4v) is 1.19. The van der Waals surface area contributed by atoms with Gasteiger partial charge in [-0.3, -0.25) is 4.98 Å². The molecule has 0 amide bonds. The van der Waals surface area contributed by atoms with Crippen LogP contribution in [0, 0.1) is 0 Å². The normalized spacial score (nSPS) is 10.2. The topological polar surface area (TPSA) is 24.9 Å². The summed E-state index contributed by atoms with van der Waals surface area (Å²) in [7, 11) is 0. The molecule has 2 heteroatoms. The highest BCUT2D eigenvalue weighted by atomic mass is 14.8. The average Bonchev–Trinajstić information content (AvgIpc) is 2.19. The number of pyridine rings is 1. The van der Waals surface area contributed by atoms with Crippen LogP contribution in [0.25, 0.3) is 0 Å². The summed E-state index contributed by atoms with van der Waals surface area (Å²) in [5, 5.41) is 3.39. The largest absolute Gasteiger partial charge is 0.316 e. The Balaban J connectivity index is 2.07. The van der Waals surface area contributed by atoms with Crippen molar-refractivity contribution in [3.05, 3.63) is 30.1 Å². The summed E-state index contributed by atoms with van der Waals surface area (Å²) in [6.07, 6.45) is 5.41. The molecule has 1 N–H and O–H groups in total. The lowest BCUT2D eigenvalue weighted by atomic mass is 10.2. The number of aromatic nitrogens is 1. The van der Waals surface area contributed by atoms with E-state index in [0.717, 1.165) is 19.5 Å². The fourth-order valence-electron chi connectivity index (χ4n) is 1.19. The van der Waals surface area contributed by atoms with Crippen LogP contribution >= 0.6 is 0 Å². The van der Waals surface area contributed by atoms with E-state index >= 15 is 0 Å². The van der Waals surface area contributed by atoms with Gasteiger partial charge in [-0.25, -0.2) is 0 Å². The van der Waals surface area contributed by atoms with E-state index in [1.165, 1.54) is 18.5 Å². The number of nitrogens with one attached hydrogen (secondary N) is 1. The van der Waals surface area contributed by atoms with Crippen LogP contribution in [0.15, 0.2) is 24.4 Å². The Bertz CT molecular complexity index is 209. The molecule has 1 aromatic heterocycles. The van der Waals surface area contributed by atoms with Gasteiger partial charge in [-0.1, -0.05) is 19.4 Å². The van der Waals surface area contributed by atoms with Crippen molar-refractivity contribution in [2.45, 2.75) is 26.2 Å². The Labute approximate surface area is 80.4 Å². The van der Waals surface area contributed by atoms with Gasteiger partial charge in [0.15, 0.2) is 0 Å². The second kappa shape index (κ2) is 6.61. The van der Waals surface area contributed by atoms with E-state index in [0.29, 0.717) is 0 Å². The first-order chi connectivity index (χ1) is 6.43. The molecule has 0 bridgehead atoms. The van der Waals surface area contributed by atoms with Crippen molar-refractivity contribution >= 4 is 0 Å². The Hall–Kier alpha value is -0.890. The lowest BCUT2D eigenvalue weighted by molar-refractivity contribution is 0.636.